The van der Waals surface area contributed by atoms with Crippen LogP contribution in [0.1, 0.15) is 25.0 Å². The van der Waals surface area contributed by atoms with E-state index in [0.717, 1.165) is 22.2 Å². The van der Waals surface area contributed by atoms with Gasteiger partial charge in [0.2, 0.25) is 0 Å². The van der Waals surface area contributed by atoms with Crippen molar-refractivity contribution in [2.45, 2.75) is 26.6 Å². The van der Waals surface area contributed by atoms with Crippen LogP contribution in [-0.4, -0.2) is 41.8 Å². The number of rotatable bonds is 8. The summed E-state index contributed by atoms with van der Waals surface area (Å²) in [4.78, 5) is 37.9. The Morgan fingerprint density at radius 1 is 1.21 bits per heavy atom. The average Bonchev–Trinajstić information content (AvgIpc) is 3.01. The Morgan fingerprint density at radius 3 is 2.61 bits per heavy atom. The minimum atomic E-state index is -0.642. The van der Waals surface area contributed by atoms with Crippen molar-refractivity contribution in [2.75, 3.05) is 13.7 Å². The van der Waals surface area contributed by atoms with E-state index in [2.05, 4.69) is 15.9 Å². The van der Waals surface area contributed by atoms with Crippen molar-refractivity contribution >= 4 is 62.5 Å². The third-order valence-electron chi connectivity index (χ3n) is 4.44. The molecule has 0 N–H and O–H groups in total. The predicted molar refractivity (Wildman–Crippen MR) is 130 cm³/mol. The van der Waals surface area contributed by atoms with Crippen molar-refractivity contribution in [2.24, 2.45) is 0 Å². The molecule has 7 nitrogen and oxygen atoms in total. The van der Waals surface area contributed by atoms with Crippen LogP contribution in [0.25, 0.3) is 6.08 Å². The number of hydrogen-bond donors (Lipinski definition) is 0. The quantitative estimate of drug-likeness (QED) is 0.307. The molecule has 174 valence electrons. The number of esters is 1. The highest BCUT2D eigenvalue weighted by atomic mass is 79.9. The van der Waals surface area contributed by atoms with E-state index in [-0.39, 0.29) is 17.6 Å². The number of carbonyl (C=O) groups is 3. The van der Waals surface area contributed by atoms with Gasteiger partial charge in [-0.3, -0.25) is 19.3 Å². The SMILES string of the molecule is COc1cc(/C=C2/SC(=O)N(CC(=O)OC(C)C)C2=O)c(Br)cc1OCc1ccccc1Cl. The van der Waals surface area contributed by atoms with E-state index in [9.17, 15) is 14.4 Å². The molecule has 2 aromatic rings. The van der Waals surface area contributed by atoms with Crippen LogP contribution in [-0.2, 0) is 20.9 Å². The molecule has 33 heavy (non-hydrogen) atoms. The maximum atomic E-state index is 12.7. The smallest absolute Gasteiger partial charge is 0.326 e. The van der Waals surface area contributed by atoms with E-state index < -0.39 is 23.7 Å². The van der Waals surface area contributed by atoms with Crippen molar-refractivity contribution in [1.29, 1.82) is 0 Å². The summed E-state index contributed by atoms with van der Waals surface area (Å²) in [5.74, 6) is -0.283. The molecule has 1 aliphatic rings. The number of carbonyl (C=O) groups excluding carboxylic acids is 3. The zero-order valence-electron chi connectivity index (χ0n) is 18.1. The lowest BCUT2D eigenvalue weighted by molar-refractivity contribution is -0.149. The number of imide groups is 1. The number of amides is 2. The van der Waals surface area contributed by atoms with E-state index >= 15 is 0 Å². The summed E-state index contributed by atoms with van der Waals surface area (Å²) in [6, 6.07) is 10.8. The van der Waals surface area contributed by atoms with Crippen LogP contribution in [0.4, 0.5) is 4.79 Å². The molecular weight excluding hydrogens is 534 g/mol. The Hall–Kier alpha value is -2.49. The van der Waals surface area contributed by atoms with Gasteiger partial charge in [-0.25, -0.2) is 0 Å². The van der Waals surface area contributed by atoms with Crippen molar-refractivity contribution in [3.05, 3.63) is 61.9 Å². The predicted octanol–water partition coefficient (Wildman–Crippen LogP) is 5.68. The number of nitrogens with zero attached hydrogens (tertiary/aromatic N) is 1. The number of halogens is 2. The second kappa shape index (κ2) is 11.1. The molecular formula is C23H21BrClNO6S. The van der Waals surface area contributed by atoms with Crippen LogP contribution in [0, 0.1) is 0 Å². The fourth-order valence-corrected chi connectivity index (χ4v) is 4.37. The zero-order valence-corrected chi connectivity index (χ0v) is 21.3. The van der Waals surface area contributed by atoms with Gasteiger partial charge in [-0.1, -0.05) is 45.7 Å². The van der Waals surface area contributed by atoms with Crippen LogP contribution < -0.4 is 9.47 Å². The van der Waals surface area contributed by atoms with Gasteiger partial charge in [0.1, 0.15) is 13.2 Å². The molecule has 0 saturated carbocycles. The maximum Gasteiger partial charge on any atom is 0.326 e. The number of benzene rings is 2. The second-order valence-electron chi connectivity index (χ2n) is 7.21. The highest BCUT2D eigenvalue weighted by Crippen LogP contribution is 2.38. The van der Waals surface area contributed by atoms with E-state index in [1.165, 1.54) is 7.11 Å². The number of hydrogen-bond acceptors (Lipinski definition) is 7. The molecule has 0 unspecified atom stereocenters. The van der Waals surface area contributed by atoms with Crippen LogP contribution in [0.2, 0.25) is 5.02 Å². The summed E-state index contributed by atoms with van der Waals surface area (Å²) < 4.78 is 17.0. The van der Waals surface area contributed by atoms with Crippen LogP contribution in [0.5, 0.6) is 11.5 Å². The molecule has 0 aliphatic carbocycles. The van der Waals surface area contributed by atoms with Gasteiger partial charge in [-0.2, -0.15) is 0 Å². The summed E-state index contributed by atoms with van der Waals surface area (Å²) in [7, 11) is 1.50. The van der Waals surface area contributed by atoms with Crippen LogP contribution >= 0.6 is 39.3 Å². The number of thioether (sulfide) groups is 1. The molecule has 0 atom stereocenters. The molecule has 1 saturated heterocycles. The second-order valence-corrected chi connectivity index (χ2v) is 9.47. The molecule has 0 radical (unpaired) electrons. The van der Waals surface area contributed by atoms with Crippen molar-refractivity contribution in [3.63, 3.8) is 0 Å². The van der Waals surface area contributed by atoms with Gasteiger partial charge < -0.3 is 14.2 Å². The topological polar surface area (TPSA) is 82.1 Å². The Labute approximate surface area is 209 Å². The Bertz CT molecular complexity index is 1120. The van der Waals surface area contributed by atoms with E-state index in [0.29, 0.717) is 26.6 Å². The third kappa shape index (κ3) is 6.31. The molecule has 1 fully saturated rings. The summed E-state index contributed by atoms with van der Waals surface area (Å²) in [5, 5.41) is 0.0647. The van der Waals surface area contributed by atoms with Gasteiger partial charge in [0, 0.05) is 15.1 Å². The minimum Gasteiger partial charge on any atom is -0.493 e. The highest BCUT2D eigenvalue weighted by Gasteiger charge is 2.37. The van der Waals surface area contributed by atoms with Crippen molar-refractivity contribution in [1.82, 2.24) is 4.90 Å². The summed E-state index contributed by atoms with van der Waals surface area (Å²) >= 11 is 10.4. The number of ether oxygens (including phenoxy) is 3. The lowest BCUT2D eigenvalue weighted by Crippen LogP contribution is -2.35. The fourth-order valence-electron chi connectivity index (χ4n) is 2.91. The molecule has 0 aromatic heterocycles. The Balaban J connectivity index is 1.79. The average molecular weight is 555 g/mol. The van der Waals surface area contributed by atoms with Gasteiger partial charge >= 0.3 is 5.97 Å². The Kier molecular flexibility index (Phi) is 8.45. The van der Waals surface area contributed by atoms with Gasteiger partial charge in [0.15, 0.2) is 11.5 Å². The first-order chi connectivity index (χ1) is 15.7. The monoisotopic (exact) mass is 553 g/mol. The first-order valence-electron chi connectivity index (χ1n) is 9.88. The van der Waals surface area contributed by atoms with Gasteiger partial charge in [0.05, 0.1) is 18.1 Å². The van der Waals surface area contributed by atoms with Crippen molar-refractivity contribution < 1.29 is 28.6 Å². The van der Waals surface area contributed by atoms with Crippen LogP contribution in [0.3, 0.4) is 0 Å². The van der Waals surface area contributed by atoms with Gasteiger partial charge in [-0.15, -0.1) is 0 Å². The van der Waals surface area contributed by atoms with Crippen molar-refractivity contribution in [3.8, 4) is 11.5 Å². The van der Waals surface area contributed by atoms with Gasteiger partial charge in [-0.05, 0) is 55.4 Å². The lowest BCUT2D eigenvalue weighted by Gasteiger charge is -2.14. The first kappa shape index (κ1) is 25.1. The molecule has 1 heterocycles. The lowest BCUT2D eigenvalue weighted by atomic mass is 10.1. The maximum absolute atomic E-state index is 12.7. The highest BCUT2D eigenvalue weighted by molar-refractivity contribution is 9.10. The largest absolute Gasteiger partial charge is 0.493 e. The van der Waals surface area contributed by atoms with E-state index in [1.807, 2.05) is 18.2 Å². The van der Waals surface area contributed by atoms with E-state index in [1.54, 1.807) is 38.1 Å². The zero-order chi connectivity index (χ0) is 24.1. The fraction of sp³-hybridized carbons (Fsp3) is 0.261. The standard InChI is InChI=1S/C23H21BrClNO6S/c1-13(2)32-21(27)11-26-22(28)20(33-23(26)29)9-15-8-18(30-3)19(10-16(15)24)31-12-14-6-4-5-7-17(14)25/h4-10,13H,11-12H2,1-3H3/b20-9+. The first-order valence-corrected chi connectivity index (χ1v) is 11.9. The normalized spacial score (nSPS) is 14.8. The Morgan fingerprint density at radius 2 is 1.94 bits per heavy atom. The molecule has 3 rings (SSSR count). The minimum absolute atomic E-state index is 0.185. The summed E-state index contributed by atoms with van der Waals surface area (Å²) in [6.45, 7) is 3.20. The van der Waals surface area contributed by atoms with E-state index in [4.69, 9.17) is 25.8 Å². The third-order valence-corrected chi connectivity index (χ3v) is 6.40. The van der Waals surface area contributed by atoms with Crippen LogP contribution in [0.15, 0.2) is 45.8 Å². The number of methoxy groups -OCH3 is 1. The van der Waals surface area contributed by atoms with Gasteiger partial charge in [0.25, 0.3) is 11.1 Å². The summed E-state index contributed by atoms with van der Waals surface area (Å²) in [6.07, 6.45) is 1.22. The molecule has 10 heteroatoms. The molecule has 1 aliphatic heterocycles. The molecule has 0 spiro atoms. The molecule has 2 amide bonds. The molecule has 2 aromatic carbocycles. The summed E-state index contributed by atoms with van der Waals surface area (Å²) in [5.41, 5.74) is 1.43. The molecule has 0 bridgehead atoms.